The molecule has 78 valence electrons. The molecule has 0 aromatic carbocycles. The van der Waals surface area contributed by atoms with Crippen molar-refractivity contribution >= 4 is 11.8 Å². The molecule has 1 aliphatic heterocycles. The summed E-state index contributed by atoms with van der Waals surface area (Å²) in [4.78, 5) is 0. The van der Waals surface area contributed by atoms with Gasteiger partial charge in [0.15, 0.2) is 0 Å². The summed E-state index contributed by atoms with van der Waals surface area (Å²) in [5, 5.41) is 12.1. The first-order valence-corrected chi connectivity index (χ1v) is 6.21. The lowest BCUT2D eigenvalue weighted by atomic mass is 10.1. The molecule has 0 aliphatic carbocycles. The van der Waals surface area contributed by atoms with E-state index in [9.17, 15) is 0 Å². The predicted octanol–water partition coefficient (Wildman–Crippen LogP) is 1.63. The van der Waals surface area contributed by atoms with Crippen LogP contribution in [0.3, 0.4) is 0 Å². The van der Waals surface area contributed by atoms with Crippen LogP contribution in [0.25, 0.3) is 0 Å². The predicted molar refractivity (Wildman–Crippen MR) is 59.3 cm³/mol. The van der Waals surface area contributed by atoms with Crippen molar-refractivity contribution in [3.8, 4) is 0 Å². The minimum Gasteiger partial charge on any atom is -0.396 e. The molecule has 0 aromatic heterocycles. The second-order valence-electron chi connectivity index (χ2n) is 4.01. The van der Waals surface area contributed by atoms with Crippen LogP contribution in [0.4, 0.5) is 0 Å². The number of rotatable bonds is 6. The Balaban J connectivity index is 1.98. The highest BCUT2D eigenvalue weighted by Crippen LogP contribution is 2.36. The fourth-order valence-corrected chi connectivity index (χ4v) is 2.97. The fraction of sp³-hybridized carbons (Fsp3) is 1.00. The largest absolute Gasteiger partial charge is 0.396 e. The summed E-state index contributed by atoms with van der Waals surface area (Å²) in [5.74, 6) is 1.33. The van der Waals surface area contributed by atoms with Gasteiger partial charge < -0.3 is 10.4 Å². The molecule has 0 aromatic rings. The normalized spacial score (nSPS) is 28.2. The van der Waals surface area contributed by atoms with E-state index in [1.54, 1.807) is 0 Å². The van der Waals surface area contributed by atoms with Gasteiger partial charge in [0.1, 0.15) is 0 Å². The Morgan fingerprint density at radius 1 is 1.46 bits per heavy atom. The lowest BCUT2D eigenvalue weighted by Gasteiger charge is -2.22. The second-order valence-corrected chi connectivity index (χ2v) is 5.69. The van der Waals surface area contributed by atoms with Crippen LogP contribution in [-0.4, -0.2) is 35.3 Å². The Morgan fingerprint density at radius 2 is 2.31 bits per heavy atom. The highest BCUT2D eigenvalue weighted by atomic mass is 32.2. The van der Waals surface area contributed by atoms with Gasteiger partial charge in [0, 0.05) is 17.9 Å². The van der Waals surface area contributed by atoms with Gasteiger partial charge in [0.05, 0.1) is 0 Å². The molecule has 1 saturated heterocycles. The molecule has 0 spiro atoms. The van der Waals surface area contributed by atoms with Crippen LogP contribution in [0.2, 0.25) is 0 Å². The number of hydrogen-bond acceptors (Lipinski definition) is 3. The first-order valence-electron chi connectivity index (χ1n) is 5.22. The minimum absolute atomic E-state index is 0.327. The lowest BCUT2D eigenvalue weighted by Crippen LogP contribution is -2.33. The van der Waals surface area contributed by atoms with Gasteiger partial charge in [0.25, 0.3) is 0 Å². The van der Waals surface area contributed by atoms with Gasteiger partial charge >= 0.3 is 0 Å². The molecule has 1 heterocycles. The zero-order valence-electron chi connectivity index (χ0n) is 8.51. The van der Waals surface area contributed by atoms with E-state index in [-0.39, 0.29) is 0 Å². The van der Waals surface area contributed by atoms with Crippen LogP contribution in [0, 0.1) is 0 Å². The van der Waals surface area contributed by atoms with Crippen LogP contribution in [0.5, 0.6) is 0 Å². The first kappa shape index (κ1) is 11.3. The van der Waals surface area contributed by atoms with Crippen molar-refractivity contribution in [1.29, 1.82) is 0 Å². The van der Waals surface area contributed by atoms with E-state index in [4.69, 9.17) is 5.11 Å². The number of aliphatic hydroxyl groups is 1. The zero-order chi connectivity index (χ0) is 9.57. The molecule has 0 saturated carbocycles. The van der Waals surface area contributed by atoms with Gasteiger partial charge in [-0.25, -0.2) is 0 Å². The molecule has 2 N–H and O–H groups in total. The SMILES string of the molecule is CC1(CNCCCCO)CCCS1. The van der Waals surface area contributed by atoms with Gasteiger partial charge in [-0.3, -0.25) is 0 Å². The third-order valence-corrected chi connectivity index (χ3v) is 4.10. The highest BCUT2D eigenvalue weighted by Gasteiger charge is 2.28. The maximum Gasteiger partial charge on any atom is 0.0431 e. The van der Waals surface area contributed by atoms with E-state index < -0.39 is 0 Å². The van der Waals surface area contributed by atoms with Crippen LogP contribution < -0.4 is 5.32 Å². The third kappa shape index (κ3) is 4.34. The standard InChI is InChI=1S/C10H21NOS/c1-10(5-4-8-13-10)9-11-6-2-3-7-12/h11-12H,2-9H2,1H3. The van der Waals surface area contributed by atoms with Crippen molar-refractivity contribution in [3.05, 3.63) is 0 Å². The maximum absolute atomic E-state index is 8.60. The molecule has 3 heteroatoms. The molecule has 13 heavy (non-hydrogen) atoms. The monoisotopic (exact) mass is 203 g/mol. The molecule has 0 amide bonds. The molecule has 0 bridgehead atoms. The van der Waals surface area contributed by atoms with Crippen molar-refractivity contribution in [3.63, 3.8) is 0 Å². The maximum atomic E-state index is 8.60. The molecule has 2 nitrogen and oxygen atoms in total. The summed E-state index contributed by atoms with van der Waals surface area (Å²) in [6.45, 7) is 4.86. The average molecular weight is 203 g/mol. The molecule has 1 unspecified atom stereocenters. The van der Waals surface area contributed by atoms with E-state index in [0.29, 0.717) is 11.4 Å². The lowest BCUT2D eigenvalue weighted by molar-refractivity contribution is 0.283. The van der Waals surface area contributed by atoms with Crippen molar-refractivity contribution in [2.24, 2.45) is 0 Å². The van der Waals surface area contributed by atoms with E-state index in [1.807, 2.05) is 0 Å². The first-order chi connectivity index (χ1) is 6.27. The van der Waals surface area contributed by atoms with Gasteiger partial charge in [-0.15, -0.1) is 0 Å². The number of unbranched alkanes of at least 4 members (excludes halogenated alkanes) is 1. The third-order valence-electron chi connectivity index (χ3n) is 2.56. The van der Waals surface area contributed by atoms with Crippen LogP contribution in [-0.2, 0) is 0 Å². The molecular formula is C10H21NOS. The Kier molecular flexibility index (Phi) is 5.14. The minimum atomic E-state index is 0.327. The molecular weight excluding hydrogens is 182 g/mol. The van der Waals surface area contributed by atoms with E-state index in [1.165, 1.54) is 18.6 Å². The number of thioether (sulfide) groups is 1. The van der Waals surface area contributed by atoms with Gasteiger partial charge in [-0.05, 0) is 44.9 Å². The molecule has 1 rings (SSSR count). The van der Waals surface area contributed by atoms with Crippen molar-refractivity contribution in [2.75, 3.05) is 25.4 Å². The summed E-state index contributed by atoms with van der Waals surface area (Å²) in [6, 6.07) is 0. The van der Waals surface area contributed by atoms with E-state index in [0.717, 1.165) is 25.9 Å². The van der Waals surface area contributed by atoms with Crippen LogP contribution in [0.1, 0.15) is 32.6 Å². The van der Waals surface area contributed by atoms with Crippen molar-refractivity contribution in [1.82, 2.24) is 5.32 Å². The van der Waals surface area contributed by atoms with Crippen molar-refractivity contribution in [2.45, 2.75) is 37.4 Å². The van der Waals surface area contributed by atoms with Crippen LogP contribution in [0.15, 0.2) is 0 Å². The summed E-state index contributed by atoms with van der Waals surface area (Å²) in [6.07, 6.45) is 4.75. The highest BCUT2D eigenvalue weighted by molar-refractivity contribution is 8.00. The molecule has 1 fully saturated rings. The Hall–Kier alpha value is 0.270. The number of aliphatic hydroxyl groups excluding tert-OH is 1. The van der Waals surface area contributed by atoms with Gasteiger partial charge in [-0.2, -0.15) is 11.8 Å². The summed E-state index contributed by atoms with van der Waals surface area (Å²) in [5.41, 5.74) is 0. The molecule has 1 aliphatic rings. The fourth-order valence-electron chi connectivity index (χ4n) is 1.69. The number of hydrogen-bond donors (Lipinski definition) is 2. The van der Waals surface area contributed by atoms with E-state index >= 15 is 0 Å². The molecule has 0 radical (unpaired) electrons. The summed E-state index contributed by atoms with van der Waals surface area (Å²) >= 11 is 2.10. The quantitative estimate of drug-likeness (QED) is 0.644. The van der Waals surface area contributed by atoms with Gasteiger partial charge in [0.2, 0.25) is 0 Å². The van der Waals surface area contributed by atoms with Gasteiger partial charge in [-0.1, -0.05) is 0 Å². The van der Waals surface area contributed by atoms with E-state index in [2.05, 4.69) is 24.0 Å². The average Bonchev–Trinajstić information content (AvgIpc) is 2.53. The Bertz CT molecular complexity index is 135. The Labute approximate surface area is 85.5 Å². The summed E-state index contributed by atoms with van der Waals surface area (Å²) < 4.78 is 0.485. The number of nitrogens with one attached hydrogen (secondary N) is 1. The zero-order valence-corrected chi connectivity index (χ0v) is 9.33. The molecule has 1 atom stereocenters. The second kappa shape index (κ2) is 5.89. The van der Waals surface area contributed by atoms with Crippen LogP contribution >= 0.6 is 11.8 Å². The Morgan fingerprint density at radius 3 is 2.92 bits per heavy atom. The van der Waals surface area contributed by atoms with Crippen molar-refractivity contribution < 1.29 is 5.11 Å². The summed E-state index contributed by atoms with van der Waals surface area (Å²) in [7, 11) is 0. The smallest absolute Gasteiger partial charge is 0.0431 e. The topological polar surface area (TPSA) is 32.3 Å².